The lowest BCUT2D eigenvalue weighted by Crippen LogP contribution is -2.69. The van der Waals surface area contributed by atoms with E-state index in [0.29, 0.717) is 21.7 Å². The first-order chi connectivity index (χ1) is 10.8. The van der Waals surface area contributed by atoms with Crippen molar-refractivity contribution in [1.29, 1.82) is 0 Å². The Labute approximate surface area is 144 Å². The first kappa shape index (κ1) is 15.3. The number of rotatable bonds is 2. The molecule has 0 radical (unpaired) electrons. The summed E-state index contributed by atoms with van der Waals surface area (Å²) in [4.78, 5) is 0. The molecule has 0 spiro atoms. The fourth-order valence-corrected chi connectivity index (χ4v) is 10.4. The highest BCUT2D eigenvalue weighted by Crippen LogP contribution is 2.90. The van der Waals surface area contributed by atoms with Gasteiger partial charge in [-0.1, -0.05) is 60.8 Å². The Morgan fingerprint density at radius 3 is 1.96 bits per heavy atom. The zero-order chi connectivity index (χ0) is 16.4. The summed E-state index contributed by atoms with van der Waals surface area (Å²) < 4.78 is 0. The molecule has 0 heteroatoms. The maximum Gasteiger partial charge on any atom is -0.0204 e. The zero-order valence-corrected chi connectivity index (χ0v) is 16.4. The molecule has 5 aliphatic carbocycles. The molecule has 2 bridgehead atoms. The Morgan fingerprint density at radius 1 is 0.826 bits per heavy atom. The van der Waals surface area contributed by atoms with Crippen molar-refractivity contribution in [2.45, 2.75) is 86.5 Å². The number of hydrogen-bond acceptors (Lipinski definition) is 0. The molecule has 0 aliphatic heterocycles. The molecule has 5 rings (SSSR count). The summed E-state index contributed by atoms with van der Waals surface area (Å²) in [5, 5.41) is 0. The van der Waals surface area contributed by atoms with Gasteiger partial charge in [0.1, 0.15) is 0 Å². The molecule has 10 unspecified atom stereocenters. The molecular formula is C23H38. The molecule has 5 fully saturated rings. The molecule has 130 valence electrons. The average molecular weight is 315 g/mol. The van der Waals surface area contributed by atoms with Crippen LogP contribution < -0.4 is 0 Å². The topological polar surface area (TPSA) is 0 Å². The summed E-state index contributed by atoms with van der Waals surface area (Å²) >= 11 is 0. The Hall–Kier alpha value is 0. The Bertz CT molecular complexity index is 550. The van der Waals surface area contributed by atoms with Crippen LogP contribution in [-0.2, 0) is 0 Å². The van der Waals surface area contributed by atoms with Gasteiger partial charge >= 0.3 is 0 Å². The van der Waals surface area contributed by atoms with Crippen molar-refractivity contribution in [3.63, 3.8) is 0 Å². The van der Waals surface area contributed by atoms with E-state index in [1.54, 1.807) is 6.42 Å². The van der Waals surface area contributed by atoms with Crippen molar-refractivity contribution in [3.8, 4) is 0 Å². The Morgan fingerprint density at radius 2 is 1.39 bits per heavy atom. The predicted octanol–water partition coefficient (Wildman–Crippen LogP) is 6.55. The highest BCUT2D eigenvalue weighted by atomic mass is 14.9. The predicted molar refractivity (Wildman–Crippen MR) is 97.0 cm³/mol. The summed E-state index contributed by atoms with van der Waals surface area (Å²) in [7, 11) is 0. The molecule has 0 saturated heterocycles. The third-order valence-electron chi connectivity index (χ3n) is 11.8. The largest absolute Gasteiger partial charge is 0.0654 e. The monoisotopic (exact) mass is 314 g/mol. The molecule has 0 aromatic rings. The average Bonchev–Trinajstić information content (AvgIpc) is 3.13. The van der Waals surface area contributed by atoms with Gasteiger partial charge in [-0.2, -0.15) is 0 Å². The molecule has 23 heavy (non-hydrogen) atoms. The molecule has 0 heterocycles. The van der Waals surface area contributed by atoms with E-state index in [1.807, 2.05) is 0 Å². The minimum absolute atomic E-state index is 0.657. The lowest BCUT2D eigenvalue weighted by molar-refractivity contribution is -0.265. The van der Waals surface area contributed by atoms with Gasteiger partial charge in [0.15, 0.2) is 0 Å². The highest BCUT2D eigenvalue weighted by molar-refractivity contribution is 5.32. The van der Waals surface area contributed by atoms with E-state index in [9.17, 15) is 0 Å². The van der Waals surface area contributed by atoms with Crippen LogP contribution in [0.3, 0.4) is 0 Å². The Kier molecular flexibility index (Phi) is 2.68. The molecule has 5 saturated carbocycles. The third-order valence-corrected chi connectivity index (χ3v) is 11.8. The third kappa shape index (κ3) is 1.22. The lowest BCUT2D eigenvalue weighted by Gasteiger charge is -2.73. The van der Waals surface area contributed by atoms with Crippen LogP contribution in [0.15, 0.2) is 0 Å². The van der Waals surface area contributed by atoms with Gasteiger partial charge in [0.25, 0.3) is 0 Å². The van der Waals surface area contributed by atoms with E-state index in [4.69, 9.17) is 0 Å². The highest BCUT2D eigenvalue weighted by Gasteiger charge is 2.85. The van der Waals surface area contributed by atoms with Gasteiger partial charge < -0.3 is 0 Å². The van der Waals surface area contributed by atoms with Gasteiger partial charge in [0.2, 0.25) is 0 Å². The van der Waals surface area contributed by atoms with E-state index in [-0.39, 0.29) is 0 Å². The molecule has 10 atom stereocenters. The van der Waals surface area contributed by atoms with Crippen LogP contribution in [0, 0.1) is 57.2 Å². The van der Waals surface area contributed by atoms with E-state index >= 15 is 0 Å². The second kappa shape index (κ2) is 4.04. The van der Waals surface area contributed by atoms with Crippen LogP contribution in [0.5, 0.6) is 0 Å². The summed E-state index contributed by atoms with van der Waals surface area (Å²) in [5.41, 5.74) is 2.70. The first-order valence-electron chi connectivity index (χ1n) is 10.8. The lowest BCUT2D eigenvalue weighted by atomic mass is 9.31. The molecule has 0 aromatic carbocycles. The SMILES string of the molecule is CCCC1CC(C)C2(C)C3C4CC(C3C12C)C1(C)CCCC41C. The summed E-state index contributed by atoms with van der Waals surface area (Å²) in [6, 6.07) is 0. The quantitative estimate of drug-likeness (QED) is 0.507. The maximum atomic E-state index is 2.76. The maximum absolute atomic E-state index is 2.76. The number of hydrogen-bond donors (Lipinski definition) is 0. The fourth-order valence-electron chi connectivity index (χ4n) is 10.4. The minimum Gasteiger partial charge on any atom is -0.0654 e. The molecule has 0 nitrogen and oxygen atoms in total. The summed E-state index contributed by atoms with van der Waals surface area (Å²) in [6.45, 7) is 16.0. The molecular weight excluding hydrogens is 276 g/mol. The van der Waals surface area contributed by atoms with E-state index < -0.39 is 0 Å². The fraction of sp³-hybridized carbons (Fsp3) is 1.00. The number of fused-ring (bicyclic) bond motifs is 11. The smallest absolute Gasteiger partial charge is 0.0204 e. The van der Waals surface area contributed by atoms with Crippen LogP contribution in [0.4, 0.5) is 0 Å². The van der Waals surface area contributed by atoms with Gasteiger partial charge in [0.05, 0.1) is 0 Å². The molecule has 0 amide bonds. The molecule has 5 aliphatic rings. The van der Waals surface area contributed by atoms with Crippen LogP contribution in [0.2, 0.25) is 0 Å². The van der Waals surface area contributed by atoms with Gasteiger partial charge in [-0.25, -0.2) is 0 Å². The first-order valence-corrected chi connectivity index (χ1v) is 10.8. The Balaban J connectivity index is 1.61. The van der Waals surface area contributed by atoms with Crippen LogP contribution in [-0.4, -0.2) is 0 Å². The van der Waals surface area contributed by atoms with Crippen LogP contribution in [0.25, 0.3) is 0 Å². The van der Waals surface area contributed by atoms with Gasteiger partial charge in [-0.05, 0) is 82.9 Å². The minimum atomic E-state index is 0.657. The molecule has 0 aromatic heterocycles. The summed E-state index contributed by atoms with van der Waals surface area (Å²) in [6.07, 6.45) is 10.6. The second-order valence-corrected chi connectivity index (χ2v) is 11.4. The van der Waals surface area contributed by atoms with Crippen molar-refractivity contribution in [2.24, 2.45) is 57.2 Å². The van der Waals surface area contributed by atoms with Gasteiger partial charge in [-0.3, -0.25) is 0 Å². The van der Waals surface area contributed by atoms with Crippen molar-refractivity contribution in [3.05, 3.63) is 0 Å². The second-order valence-electron chi connectivity index (χ2n) is 11.4. The summed E-state index contributed by atoms with van der Waals surface area (Å²) in [5.74, 6) is 6.25. The van der Waals surface area contributed by atoms with E-state index in [2.05, 4.69) is 41.5 Å². The van der Waals surface area contributed by atoms with Crippen molar-refractivity contribution in [1.82, 2.24) is 0 Å². The van der Waals surface area contributed by atoms with Gasteiger partial charge in [-0.15, -0.1) is 0 Å². The van der Waals surface area contributed by atoms with E-state index in [1.165, 1.54) is 38.5 Å². The van der Waals surface area contributed by atoms with Crippen molar-refractivity contribution < 1.29 is 0 Å². The van der Waals surface area contributed by atoms with E-state index in [0.717, 1.165) is 35.5 Å². The van der Waals surface area contributed by atoms with Gasteiger partial charge in [0, 0.05) is 0 Å². The van der Waals surface area contributed by atoms with Crippen LogP contribution >= 0.6 is 0 Å². The zero-order valence-electron chi connectivity index (χ0n) is 16.4. The molecule has 0 N–H and O–H groups in total. The normalized spacial score (nSPS) is 68.6. The standard InChI is InChI=1S/C23H38/c1-7-9-15-12-14(2)22(5)18-16-13-17(19(18)23(15,22)6)21(4)11-8-10-20(16,21)3/h14-19H,7-13H2,1-6H3. The van der Waals surface area contributed by atoms with Crippen molar-refractivity contribution >= 4 is 0 Å². The van der Waals surface area contributed by atoms with Crippen molar-refractivity contribution in [2.75, 3.05) is 0 Å². The van der Waals surface area contributed by atoms with Crippen LogP contribution in [0.1, 0.15) is 86.5 Å².